The van der Waals surface area contributed by atoms with Crippen LogP contribution in [0, 0.1) is 0 Å². The van der Waals surface area contributed by atoms with Crippen molar-refractivity contribution in [3.63, 3.8) is 0 Å². The molecule has 0 fully saturated rings. The molecule has 0 aromatic rings. The zero-order chi connectivity index (χ0) is 34.7. The molecule has 0 rings (SSSR count). The van der Waals surface area contributed by atoms with Crippen LogP contribution in [-0.4, -0.2) is 41.9 Å². The molecular weight excluding hydrogens is 607 g/mol. The molecule has 0 aliphatic heterocycles. The molecule has 2 atom stereocenters. The van der Waals surface area contributed by atoms with Crippen LogP contribution in [0.1, 0.15) is 206 Å². The number of unbranched alkanes of at least 4 members (excludes halogenated alkanes) is 26. The first-order valence-electron chi connectivity index (χ1n) is 20.0. The number of allylic oxidation sites excluding steroid dienone is 3. The Hall–Kier alpha value is -1.18. The summed E-state index contributed by atoms with van der Waals surface area (Å²) in [5, 5.41) is 13.2. The Morgan fingerprint density at radius 1 is 0.553 bits per heavy atom. The van der Waals surface area contributed by atoms with Crippen LogP contribution in [0.5, 0.6) is 0 Å². The van der Waals surface area contributed by atoms with E-state index in [9.17, 15) is 22.9 Å². The molecule has 0 saturated heterocycles. The van der Waals surface area contributed by atoms with Gasteiger partial charge in [0.05, 0.1) is 17.9 Å². The van der Waals surface area contributed by atoms with E-state index in [-0.39, 0.29) is 12.3 Å². The van der Waals surface area contributed by atoms with Gasteiger partial charge in [0.15, 0.2) is 0 Å². The van der Waals surface area contributed by atoms with Crippen LogP contribution in [0.15, 0.2) is 24.3 Å². The molecule has 0 radical (unpaired) electrons. The lowest BCUT2D eigenvalue weighted by molar-refractivity contribution is -0.122. The summed E-state index contributed by atoms with van der Waals surface area (Å²) in [5.74, 6) is -0.985. The minimum absolute atomic E-state index is 0.286. The lowest BCUT2D eigenvalue weighted by Gasteiger charge is -2.21. The largest absolute Gasteiger partial charge is 0.387 e. The standard InChI is InChI=1S/C40H77NO5S/c1-3-5-7-9-11-13-15-17-19-20-22-23-25-27-29-31-33-35-39(42)38(37-47(44,45)46)41-40(43)36-34-32-30-28-26-24-21-18-16-14-12-10-8-6-4-2/h18,21,33,35,38-39,42H,3-17,19-20,22-32,34,36-37H2,1-2H3,(H,41,43)(H,44,45,46)/b21-18-,35-33+. The van der Waals surface area contributed by atoms with Gasteiger partial charge in [0, 0.05) is 6.42 Å². The third kappa shape index (κ3) is 35.9. The molecule has 0 heterocycles. The van der Waals surface area contributed by atoms with Crippen molar-refractivity contribution in [2.24, 2.45) is 0 Å². The average Bonchev–Trinajstić information content (AvgIpc) is 3.03. The number of carbonyl (C=O) groups is 1. The van der Waals surface area contributed by atoms with E-state index in [1.165, 1.54) is 128 Å². The Labute approximate surface area is 292 Å². The van der Waals surface area contributed by atoms with Crippen molar-refractivity contribution in [2.75, 3.05) is 5.75 Å². The van der Waals surface area contributed by atoms with E-state index >= 15 is 0 Å². The molecule has 6 nitrogen and oxygen atoms in total. The van der Waals surface area contributed by atoms with E-state index in [2.05, 4.69) is 31.3 Å². The minimum Gasteiger partial charge on any atom is -0.387 e. The van der Waals surface area contributed by atoms with Gasteiger partial charge in [-0.15, -0.1) is 0 Å². The number of nitrogens with one attached hydrogen (secondary N) is 1. The number of aliphatic hydroxyl groups is 1. The summed E-state index contributed by atoms with van der Waals surface area (Å²) >= 11 is 0. The van der Waals surface area contributed by atoms with Crippen LogP contribution < -0.4 is 5.32 Å². The molecule has 0 aliphatic rings. The van der Waals surface area contributed by atoms with Crippen LogP contribution in [0.2, 0.25) is 0 Å². The third-order valence-corrected chi connectivity index (χ3v) is 9.90. The van der Waals surface area contributed by atoms with Gasteiger partial charge >= 0.3 is 0 Å². The van der Waals surface area contributed by atoms with Crippen molar-refractivity contribution < 1.29 is 22.9 Å². The SMILES string of the molecule is CCCCCCCC/C=C\CCCCCCCC(=O)NC(CS(=O)(=O)O)C(O)/C=C/CCCCCCCCCCCCCCCCC. The molecule has 47 heavy (non-hydrogen) atoms. The number of aliphatic hydroxyl groups excluding tert-OH is 1. The molecule has 0 aromatic carbocycles. The molecule has 3 N–H and O–H groups in total. The summed E-state index contributed by atoms with van der Waals surface area (Å²) in [4.78, 5) is 12.5. The first-order valence-corrected chi connectivity index (χ1v) is 21.6. The monoisotopic (exact) mass is 684 g/mol. The summed E-state index contributed by atoms with van der Waals surface area (Å²) in [6.07, 6.45) is 43.0. The van der Waals surface area contributed by atoms with Crippen molar-refractivity contribution in [2.45, 2.75) is 219 Å². The summed E-state index contributed by atoms with van der Waals surface area (Å²) in [6, 6.07) is -1.06. The minimum atomic E-state index is -4.34. The maximum atomic E-state index is 12.5. The normalized spacial score (nSPS) is 13.5. The van der Waals surface area contributed by atoms with Gasteiger partial charge in [0.2, 0.25) is 5.91 Å². The fourth-order valence-electron chi connectivity index (χ4n) is 6.09. The second-order valence-electron chi connectivity index (χ2n) is 13.9. The number of amides is 1. The molecule has 0 spiro atoms. The first kappa shape index (κ1) is 45.8. The fourth-order valence-corrected chi connectivity index (χ4v) is 6.83. The fraction of sp³-hybridized carbons (Fsp3) is 0.875. The summed E-state index contributed by atoms with van der Waals surface area (Å²) in [7, 11) is -4.34. The maximum absolute atomic E-state index is 12.5. The molecule has 0 saturated carbocycles. The molecule has 7 heteroatoms. The zero-order valence-electron chi connectivity index (χ0n) is 30.9. The van der Waals surface area contributed by atoms with Crippen LogP contribution in [0.4, 0.5) is 0 Å². The Morgan fingerprint density at radius 2 is 0.894 bits per heavy atom. The van der Waals surface area contributed by atoms with E-state index in [1.54, 1.807) is 6.08 Å². The molecule has 2 unspecified atom stereocenters. The molecule has 1 amide bonds. The first-order chi connectivity index (χ1) is 22.8. The summed E-state index contributed by atoms with van der Waals surface area (Å²) < 4.78 is 32.4. The zero-order valence-corrected chi connectivity index (χ0v) is 31.7. The van der Waals surface area contributed by atoms with Gasteiger partial charge in [0.1, 0.15) is 0 Å². The van der Waals surface area contributed by atoms with Crippen molar-refractivity contribution in [1.82, 2.24) is 5.32 Å². The second-order valence-corrected chi connectivity index (χ2v) is 15.4. The van der Waals surface area contributed by atoms with Crippen molar-refractivity contribution in [1.29, 1.82) is 0 Å². The van der Waals surface area contributed by atoms with Crippen LogP contribution in [-0.2, 0) is 14.9 Å². The topological polar surface area (TPSA) is 104 Å². The average molecular weight is 684 g/mol. The summed E-state index contributed by atoms with van der Waals surface area (Å²) in [6.45, 7) is 4.51. The Bertz CT molecular complexity index is 842. The van der Waals surface area contributed by atoms with Crippen molar-refractivity contribution in [3.05, 3.63) is 24.3 Å². The predicted octanol–water partition coefficient (Wildman–Crippen LogP) is 11.6. The number of hydrogen-bond donors (Lipinski definition) is 3. The Kier molecular flexibility index (Phi) is 33.8. The highest BCUT2D eigenvalue weighted by Gasteiger charge is 2.24. The van der Waals surface area contributed by atoms with Crippen LogP contribution in [0.25, 0.3) is 0 Å². The number of rotatable bonds is 36. The molecule has 0 bridgehead atoms. The lowest BCUT2D eigenvalue weighted by atomic mass is 10.0. The van der Waals surface area contributed by atoms with Gasteiger partial charge in [-0.2, -0.15) is 8.42 Å². The summed E-state index contributed by atoms with van der Waals surface area (Å²) in [5.41, 5.74) is 0. The quantitative estimate of drug-likeness (QED) is 0.0346. The Morgan fingerprint density at radius 3 is 1.28 bits per heavy atom. The second kappa shape index (κ2) is 34.7. The van der Waals surface area contributed by atoms with Gasteiger partial charge in [-0.05, 0) is 44.9 Å². The van der Waals surface area contributed by atoms with E-state index in [4.69, 9.17) is 0 Å². The van der Waals surface area contributed by atoms with Gasteiger partial charge < -0.3 is 10.4 Å². The van der Waals surface area contributed by atoms with Crippen LogP contribution in [0.3, 0.4) is 0 Å². The highest BCUT2D eigenvalue weighted by molar-refractivity contribution is 7.85. The van der Waals surface area contributed by atoms with E-state index in [1.807, 2.05) is 6.08 Å². The van der Waals surface area contributed by atoms with Crippen LogP contribution >= 0.6 is 0 Å². The number of hydrogen-bond acceptors (Lipinski definition) is 4. The molecule has 278 valence electrons. The lowest BCUT2D eigenvalue weighted by Crippen LogP contribution is -2.46. The smallest absolute Gasteiger partial charge is 0.267 e. The highest BCUT2D eigenvalue weighted by atomic mass is 32.2. The predicted molar refractivity (Wildman–Crippen MR) is 202 cm³/mol. The number of carbonyl (C=O) groups excluding carboxylic acids is 1. The van der Waals surface area contributed by atoms with E-state index in [0.717, 1.165) is 57.8 Å². The van der Waals surface area contributed by atoms with Gasteiger partial charge in [-0.25, -0.2) is 0 Å². The van der Waals surface area contributed by atoms with Gasteiger partial charge in [0.25, 0.3) is 10.1 Å². The maximum Gasteiger partial charge on any atom is 0.267 e. The highest BCUT2D eigenvalue weighted by Crippen LogP contribution is 2.15. The van der Waals surface area contributed by atoms with Gasteiger partial charge in [-0.1, -0.05) is 179 Å². The molecule has 0 aliphatic carbocycles. The van der Waals surface area contributed by atoms with E-state index in [0.29, 0.717) is 0 Å². The molecule has 0 aromatic heterocycles. The van der Waals surface area contributed by atoms with Crippen molar-refractivity contribution in [3.8, 4) is 0 Å². The molecular formula is C40H77NO5S. The Balaban J connectivity index is 3.94. The third-order valence-electron chi connectivity index (χ3n) is 9.12. The van der Waals surface area contributed by atoms with Crippen molar-refractivity contribution >= 4 is 16.0 Å². The van der Waals surface area contributed by atoms with Gasteiger partial charge in [-0.3, -0.25) is 9.35 Å². The van der Waals surface area contributed by atoms with E-state index < -0.39 is 28.0 Å².